The van der Waals surface area contributed by atoms with Crippen LogP contribution in [0.25, 0.3) is 16.7 Å². The first-order chi connectivity index (χ1) is 36.8. The molecule has 0 aromatic heterocycles. The molecule has 0 saturated heterocycles. The van der Waals surface area contributed by atoms with E-state index >= 15 is 0 Å². The molecule has 1 aliphatic carbocycles. The summed E-state index contributed by atoms with van der Waals surface area (Å²) in [7, 11) is 1.97. The molecule has 1 atom stereocenters. The second-order valence-electron chi connectivity index (χ2n) is 18.6. The zero-order valence-electron chi connectivity index (χ0n) is 44.8. The van der Waals surface area contributed by atoms with Crippen LogP contribution in [0.3, 0.4) is 0 Å². The van der Waals surface area contributed by atoms with E-state index in [-0.39, 0.29) is 5.41 Å². The molecule has 1 N–H and O–H groups in total. The molecule has 0 spiro atoms. The van der Waals surface area contributed by atoms with Crippen molar-refractivity contribution in [1.29, 1.82) is 0 Å². The molecular formula is C70H72N4S. The van der Waals surface area contributed by atoms with E-state index in [1.54, 1.807) is 0 Å². The maximum Gasteiger partial charge on any atom is 0.0743 e. The van der Waals surface area contributed by atoms with Gasteiger partial charge in [-0.3, -0.25) is 4.99 Å². The molecule has 6 aromatic rings. The van der Waals surface area contributed by atoms with E-state index in [9.17, 15) is 0 Å². The van der Waals surface area contributed by atoms with Crippen LogP contribution in [0.2, 0.25) is 0 Å². The molecular weight excluding hydrogens is 929 g/mol. The summed E-state index contributed by atoms with van der Waals surface area (Å²) in [5, 5.41) is 3.42. The number of benzene rings is 6. The molecule has 5 heteroatoms. The lowest BCUT2D eigenvalue weighted by Gasteiger charge is -2.33. The van der Waals surface area contributed by atoms with Gasteiger partial charge in [0.15, 0.2) is 0 Å². The van der Waals surface area contributed by atoms with Crippen LogP contribution in [0.4, 0.5) is 22.7 Å². The van der Waals surface area contributed by atoms with Gasteiger partial charge in [0.05, 0.1) is 23.6 Å². The van der Waals surface area contributed by atoms with Crippen molar-refractivity contribution in [1.82, 2.24) is 4.90 Å². The lowest BCUT2D eigenvalue weighted by Crippen LogP contribution is -2.28. The number of nitrogens with one attached hydrogen (secondary N) is 1. The van der Waals surface area contributed by atoms with E-state index in [1.807, 2.05) is 38.7 Å². The summed E-state index contributed by atoms with van der Waals surface area (Å²) in [5.74, 6) is 0. The van der Waals surface area contributed by atoms with Crippen LogP contribution in [0.5, 0.6) is 0 Å². The Bertz CT molecular complexity index is 3210. The summed E-state index contributed by atoms with van der Waals surface area (Å²) >= 11 is 1.84. The first-order valence-electron chi connectivity index (χ1n) is 26.2. The highest BCUT2D eigenvalue weighted by molar-refractivity contribution is 7.99. The van der Waals surface area contributed by atoms with Gasteiger partial charge in [-0.2, -0.15) is 0 Å². The van der Waals surface area contributed by atoms with Crippen LogP contribution in [0.1, 0.15) is 70.6 Å². The Morgan fingerprint density at radius 3 is 2.17 bits per heavy atom. The molecule has 4 nitrogen and oxygen atoms in total. The zero-order chi connectivity index (χ0) is 53.2. The van der Waals surface area contributed by atoms with Gasteiger partial charge in [-0.15, -0.1) is 12.8 Å². The molecule has 0 bridgehead atoms. The topological polar surface area (TPSA) is 30.9 Å². The quantitative estimate of drug-likeness (QED) is 0.0540. The van der Waals surface area contributed by atoms with Gasteiger partial charge in [0.25, 0.3) is 0 Å². The summed E-state index contributed by atoms with van der Waals surface area (Å²) in [6, 6.07) is 54.1. The predicted octanol–water partition coefficient (Wildman–Crippen LogP) is 18.6. The number of anilines is 4. The van der Waals surface area contributed by atoms with Gasteiger partial charge in [0, 0.05) is 63.5 Å². The SMILES string of the molecule is C#C.C=C/C=C(\C=C(/C)N1C/C=C(c2ccc3c(c2)N(c2ccccc2)c2ccccc2S3)\C=C/C(=C)/C(=C2\C=CCC=CC2(C)CCC)C1)CN=C(c1ccc(-c2ccccc2)cc1)c1ccccc1NC.CC. The molecule has 3 aliphatic rings. The average Bonchev–Trinajstić information content (AvgIpc) is 3.60. The lowest BCUT2D eigenvalue weighted by atomic mass is 9.75. The van der Waals surface area contributed by atoms with E-state index in [0.29, 0.717) is 19.6 Å². The van der Waals surface area contributed by atoms with Gasteiger partial charge < -0.3 is 15.1 Å². The van der Waals surface area contributed by atoms with Crippen molar-refractivity contribution >= 4 is 45.8 Å². The Morgan fingerprint density at radius 2 is 1.44 bits per heavy atom. The Balaban J connectivity index is 0.00000200. The summed E-state index contributed by atoms with van der Waals surface area (Å²) < 4.78 is 0. The predicted molar refractivity (Wildman–Crippen MR) is 328 cm³/mol. The van der Waals surface area contributed by atoms with E-state index in [1.165, 1.54) is 43.4 Å². The van der Waals surface area contributed by atoms with Gasteiger partial charge >= 0.3 is 0 Å². The first-order valence-corrected chi connectivity index (χ1v) is 27.1. The summed E-state index contributed by atoms with van der Waals surface area (Å²) in [6.07, 6.45) is 33.7. The van der Waals surface area contributed by atoms with Crippen molar-refractivity contribution in [2.24, 2.45) is 10.4 Å². The van der Waals surface area contributed by atoms with Crippen molar-refractivity contribution in [2.75, 3.05) is 36.9 Å². The summed E-state index contributed by atoms with van der Waals surface area (Å²) in [4.78, 5) is 12.8. The molecule has 0 amide bonds. The zero-order valence-corrected chi connectivity index (χ0v) is 45.6. The van der Waals surface area contributed by atoms with E-state index < -0.39 is 0 Å². The lowest BCUT2D eigenvalue weighted by molar-refractivity contribution is 0.405. The number of terminal acetylenes is 1. The molecule has 2 aliphatic heterocycles. The van der Waals surface area contributed by atoms with Crippen LogP contribution in [0.15, 0.2) is 268 Å². The Kier molecular flexibility index (Phi) is 19.5. The number of nitrogens with zero attached hydrogens (tertiary/aromatic N) is 3. The van der Waals surface area contributed by atoms with E-state index in [0.717, 1.165) is 75.5 Å². The van der Waals surface area contributed by atoms with Gasteiger partial charge in [0.1, 0.15) is 0 Å². The Labute approximate surface area is 453 Å². The van der Waals surface area contributed by atoms with Crippen LogP contribution in [-0.4, -0.2) is 37.3 Å². The van der Waals surface area contributed by atoms with Crippen LogP contribution < -0.4 is 10.2 Å². The molecule has 9 rings (SSSR count). The molecule has 378 valence electrons. The molecule has 75 heavy (non-hydrogen) atoms. The third-order valence-electron chi connectivity index (χ3n) is 13.7. The average molecular weight is 1000 g/mol. The monoisotopic (exact) mass is 1000 g/mol. The van der Waals surface area contributed by atoms with Gasteiger partial charge in [-0.25, -0.2) is 0 Å². The first kappa shape index (κ1) is 54.7. The van der Waals surface area contributed by atoms with Crippen molar-refractivity contribution in [3.05, 3.63) is 270 Å². The number of fused-ring (bicyclic) bond motifs is 2. The highest BCUT2D eigenvalue weighted by Gasteiger charge is 2.30. The minimum absolute atomic E-state index is 0.128. The number of allylic oxidation sites excluding steroid dienone is 11. The van der Waals surface area contributed by atoms with Crippen LogP contribution >= 0.6 is 11.8 Å². The van der Waals surface area contributed by atoms with Crippen molar-refractivity contribution < 1.29 is 0 Å². The number of hydrogen-bond donors (Lipinski definition) is 1. The fourth-order valence-corrected chi connectivity index (χ4v) is 11.1. The fraction of sp³-hybridized carbons (Fsp3) is 0.186. The standard InChI is InChI=1S/C66H64N4S.C2H6.C2H2/c1-7-22-50(46-68-65(57-27-17-18-29-60(57)67-6)54-36-34-52(35-37-54)51-23-12-9-13-24-51)44-49(4)69-43-40-53(33-32-48(3)58(47-69)59-28-16-11-21-42-66(59,5)41-8-2)55-38-39-64-62(45-55)70(56-25-14-10-15-26-56)61-30-19-20-31-63(61)71-64;2*1-2/h7,9-10,12-40,42,44-45,67H,1,3,8,11,41,43,46-47H2,2,4-6H3;1-2H3;1-2H/b33-32-,49-44+,50-22+,53-40+,59-58+,68-65?;;. The van der Waals surface area contributed by atoms with Crippen LogP contribution in [-0.2, 0) is 0 Å². The summed E-state index contributed by atoms with van der Waals surface area (Å²) in [6.45, 7) is 21.8. The number of rotatable bonds is 13. The van der Waals surface area contributed by atoms with Crippen molar-refractivity contribution in [2.45, 2.75) is 63.7 Å². The van der Waals surface area contributed by atoms with Crippen LogP contribution in [0, 0.1) is 18.3 Å². The molecule has 6 aromatic carbocycles. The number of para-hydroxylation sites is 3. The van der Waals surface area contributed by atoms with E-state index in [2.05, 4.69) is 262 Å². The van der Waals surface area contributed by atoms with Gasteiger partial charge in [-0.05, 0) is 113 Å². The fourth-order valence-electron chi connectivity index (χ4n) is 10.0. The largest absolute Gasteiger partial charge is 0.388 e. The molecule has 0 saturated carbocycles. The summed E-state index contributed by atoms with van der Waals surface area (Å²) in [5.41, 5.74) is 18.0. The van der Waals surface area contributed by atoms with Crippen molar-refractivity contribution in [3.8, 4) is 24.0 Å². The molecule has 1 unspecified atom stereocenters. The molecule has 2 heterocycles. The number of hydrogen-bond acceptors (Lipinski definition) is 5. The molecule has 0 fully saturated rings. The van der Waals surface area contributed by atoms with Crippen molar-refractivity contribution in [3.63, 3.8) is 0 Å². The van der Waals surface area contributed by atoms with E-state index in [4.69, 9.17) is 11.6 Å². The second-order valence-corrected chi connectivity index (χ2v) is 19.7. The second kappa shape index (κ2) is 26.8. The minimum Gasteiger partial charge on any atom is -0.388 e. The van der Waals surface area contributed by atoms with Gasteiger partial charge in [-0.1, -0.05) is 223 Å². The minimum atomic E-state index is -0.128. The molecule has 0 radical (unpaired) electrons. The number of aliphatic imine (C=N–C) groups is 1. The van der Waals surface area contributed by atoms with Gasteiger partial charge in [0.2, 0.25) is 0 Å². The maximum absolute atomic E-state index is 5.45. The Morgan fingerprint density at radius 1 is 0.773 bits per heavy atom. The third-order valence-corrected chi connectivity index (χ3v) is 14.9. The highest BCUT2D eigenvalue weighted by Crippen LogP contribution is 2.52. The third kappa shape index (κ3) is 13.0. The Hall–Kier alpha value is -8.04. The maximum atomic E-state index is 5.45. The smallest absolute Gasteiger partial charge is 0.0743 e. The normalized spacial score (nSPS) is 18.7. The highest BCUT2D eigenvalue weighted by atomic mass is 32.2.